The van der Waals surface area contributed by atoms with Crippen molar-refractivity contribution in [2.75, 3.05) is 0 Å². The number of phenols is 1. The van der Waals surface area contributed by atoms with Crippen molar-refractivity contribution < 1.29 is 5.11 Å². The predicted octanol–water partition coefficient (Wildman–Crippen LogP) is 5.38. The molecule has 0 saturated carbocycles. The van der Waals surface area contributed by atoms with Crippen molar-refractivity contribution in [1.29, 1.82) is 10.5 Å². The van der Waals surface area contributed by atoms with Gasteiger partial charge in [0.15, 0.2) is 0 Å². The van der Waals surface area contributed by atoms with Crippen molar-refractivity contribution >= 4 is 0 Å². The van der Waals surface area contributed by atoms with E-state index in [2.05, 4.69) is 12.1 Å². The summed E-state index contributed by atoms with van der Waals surface area (Å²) in [7, 11) is 0. The quantitative estimate of drug-likeness (QED) is 0.487. The molecule has 4 aromatic rings. The van der Waals surface area contributed by atoms with E-state index in [0.29, 0.717) is 46.5 Å². The summed E-state index contributed by atoms with van der Waals surface area (Å²) >= 11 is 0. The normalized spacial score (nSPS) is 10.3. The molecule has 0 aliphatic rings. The first-order chi connectivity index (χ1) is 15.2. The van der Waals surface area contributed by atoms with Crippen LogP contribution in [0.3, 0.4) is 0 Å². The molecule has 4 nitrogen and oxygen atoms in total. The topological polar surface area (TPSA) is 80.7 Å². The van der Waals surface area contributed by atoms with E-state index < -0.39 is 0 Å². The fourth-order valence-electron chi connectivity index (χ4n) is 3.71. The third-order valence-electron chi connectivity index (χ3n) is 5.13. The Morgan fingerprint density at radius 2 is 1.19 bits per heavy atom. The molecule has 31 heavy (non-hydrogen) atoms. The molecule has 4 rings (SSSR count). The van der Waals surface area contributed by atoms with E-state index >= 15 is 0 Å². The number of pyridine rings is 1. The first kappa shape index (κ1) is 19.9. The van der Waals surface area contributed by atoms with E-state index in [1.807, 2.05) is 60.7 Å². The van der Waals surface area contributed by atoms with Crippen LogP contribution in [0.5, 0.6) is 5.75 Å². The highest BCUT2D eigenvalue weighted by molar-refractivity contribution is 5.79. The second-order valence-corrected chi connectivity index (χ2v) is 7.23. The number of phenolic OH excluding ortho intramolecular Hbond substituents is 1. The zero-order chi connectivity index (χ0) is 21.6. The minimum atomic E-state index is 0.0799. The maximum atomic E-state index is 10.0. The number of aromatic hydroxyl groups is 1. The molecule has 148 valence electrons. The molecule has 4 heteroatoms. The van der Waals surface area contributed by atoms with Crippen molar-refractivity contribution in [1.82, 2.24) is 4.98 Å². The van der Waals surface area contributed by atoms with Crippen molar-refractivity contribution in [3.8, 4) is 29.0 Å². The van der Waals surface area contributed by atoms with Gasteiger partial charge in [0.05, 0.1) is 22.5 Å². The fourth-order valence-corrected chi connectivity index (χ4v) is 3.71. The van der Waals surface area contributed by atoms with Crippen LogP contribution in [0.2, 0.25) is 0 Å². The van der Waals surface area contributed by atoms with Crippen molar-refractivity contribution in [3.05, 3.63) is 119 Å². The van der Waals surface area contributed by atoms with Gasteiger partial charge in [0.1, 0.15) is 17.9 Å². The minimum absolute atomic E-state index is 0.0799. The lowest BCUT2D eigenvalue weighted by molar-refractivity contribution is 0.475. The molecule has 0 saturated heterocycles. The first-order valence-electron chi connectivity index (χ1n) is 9.92. The smallest absolute Gasteiger partial charge is 0.116 e. The Morgan fingerprint density at radius 1 is 0.677 bits per heavy atom. The fraction of sp³-hybridized carbons (Fsp3) is 0.0741. The highest BCUT2D eigenvalue weighted by Gasteiger charge is 2.22. The summed E-state index contributed by atoms with van der Waals surface area (Å²) < 4.78 is 0. The molecule has 0 atom stereocenters. The monoisotopic (exact) mass is 401 g/mol. The van der Waals surface area contributed by atoms with Crippen LogP contribution in [0.15, 0.2) is 84.9 Å². The van der Waals surface area contributed by atoms with Crippen molar-refractivity contribution in [2.45, 2.75) is 12.8 Å². The molecular formula is C27H19N3O. The number of aromatic nitrogens is 1. The summed E-state index contributed by atoms with van der Waals surface area (Å²) in [4.78, 5) is 4.81. The Hall–Kier alpha value is -4.41. The third kappa shape index (κ3) is 4.29. The van der Waals surface area contributed by atoms with Crippen LogP contribution in [-0.4, -0.2) is 10.1 Å². The standard InChI is InChI=1S/C27H19N3O/c28-17-23-25(14-19-8-3-1-4-9-19)30-26(15-20-10-5-2-6-11-20)24(18-29)27(23)21-12-7-13-22(31)16-21/h1-13,16,31H,14-15H2. The highest BCUT2D eigenvalue weighted by atomic mass is 16.3. The molecule has 0 radical (unpaired) electrons. The largest absolute Gasteiger partial charge is 0.508 e. The van der Waals surface area contributed by atoms with Gasteiger partial charge < -0.3 is 5.11 Å². The lowest BCUT2D eigenvalue weighted by atomic mass is 9.90. The SMILES string of the molecule is N#Cc1c(Cc2ccccc2)nc(Cc2ccccc2)c(C#N)c1-c1cccc(O)c1. The number of benzene rings is 3. The Morgan fingerprint density at radius 3 is 1.65 bits per heavy atom. The van der Waals surface area contributed by atoms with E-state index in [-0.39, 0.29) is 5.75 Å². The Bertz CT molecular complexity index is 1220. The molecule has 0 spiro atoms. The molecule has 0 bridgehead atoms. The zero-order valence-corrected chi connectivity index (χ0v) is 16.8. The van der Waals surface area contributed by atoms with Gasteiger partial charge in [-0.05, 0) is 28.8 Å². The number of nitrogens with zero attached hydrogens (tertiary/aromatic N) is 3. The maximum Gasteiger partial charge on any atom is 0.116 e. The molecular weight excluding hydrogens is 382 g/mol. The number of rotatable bonds is 5. The minimum Gasteiger partial charge on any atom is -0.508 e. The summed E-state index contributed by atoms with van der Waals surface area (Å²) in [5.41, 5.74) is 5.18. The second-order valence-electron chi connectivity index (χ2n) is 7.23. The predicted molar refractivity (Wildman–Crippen MR) is 119 cm³/mol. The van der Waals surface area contributed by atoms with Crippen LogP contribution in [0.4, 0.5) is 0 Å². The highest BCUT2D eigenvalue weighted by Crippen LogP contribution is 2.34. The number of hydrogen-bond donors (Lipinski definition) is 1. The molecule has 0 unspecified atom stereocenters. The maximum absolute atomic E-state index is 10.0. The van der Waals surface area contributed by atoms with E-state index in [0.717, 1.165) is 11.1 Å². The Kier molecular flexibility index (Phi) is 5.74. The average Bonchev–Trinajstić information content (AvgIpc) is 2.80. The summed E-state index contributed by atoms with van der Waals surface area (Å²) in [6, 6.07) is 30.9. The zero-order valence-electron chi connectivity index (χ0n) is 16.8. The second kappa shape index (κ2) is 8.95. The van der Waals surface area contributed by atoms with Crippen LogP contribution in [0, 0.1) is 22.7 Å². The third-order valence-corrected chi connectivity index (χ3v) is 5.13. The summed E-state index contributed by atoms with van der Waals surface area (Å²) in [6.07, 6.45) is 0.950. The van der Waals surface area contributed by atoms with Crippen LogP contribution >= 0.6 is 0 Å². The first-order valence-corrected chi connectivity index (χ1v) is 9.92. The molecule has 1 heterocycles. The average molecular weight is 401 g/mol. The summed E-state index contributed by atoms with van der Waals surface area (Å²) in [6.45, 7) is 0. The summed E-state index contributed by atoms with van der Waals surface area (Å²) in [5.74, 6) is 0.0799. The van der Waals surface area contributed by atoms with Crippen molar-refractivity contribution in [2.24, 2.45) is 0 Å². The molecule has 0 aliphatic heterocycles. The van der Waals surface area contributed by atoms with Gasteiger partial charge in [-0.2, -0.15) is 10.5 Å². The Balaban J connectivity index is 1.96. The molecule has 0 aliphatic carbocycles. The number of hydrogen-bond acceptors (Lipinski definition) is 4. The summed E-state index contributed by atoms with van der Waals surface area (Å²) in [5, 5.41) is 30.1. The van der Waals surface area contributed by atoms with Gasteiger partial charge in [-0.25, -0.2) is 0 Å². The van der Waals surface area contributed by atoms with Gasteiger partial charge in [-0.1, -0.05) is 72.8 Å². The van der Waals surface area contributed by atoms with E-state index in [1.165, 1.54) is 0 Å². The van der Waals surface area contributed by atoms with Crippen LogP contribution in [-0.2, 0) is 12.8 Å². The van der Waals surface area contributed by atoms with Gasteiger partial charge in [0, 0.05) is 18.4 Å². The van der Waals surface area contributed by atoms with Gasteiger partial charge in [0.25, 0.3) is 0 Å². The van der Waals surface area contributed by atoms with Crippen LogP contribution in [0.25, 0.3) is 11.1 Å². The van der Waals surface area contributed by atoms with Crippen LogP contribution in [0.1, 0.15) is 33.6 Å². The molecule has 0 amide bonds. The lowest BCUT2D eigenvalue weighted by Gasteiger charge is -2.16. The molecule has 1 N–H and O–H groups in total. The van der Waals surface area contributed by atoms with Crippen molar-refractivity contribution in [3.63, 3.8) is 0 Å². The van der Waals surface area contributed by atoms with Gasteiger partial charge in [-0.15, -0.1) is 0 Å². The molecule has 0 fully saturated rings. The van der Waals surface area contributed by atoms with E-state index in [9.17, 15) is 15.6 Å². The Labute approximate surface area is 181 Å². The van der Waals surface area contributed by atoms with Crippen LogP contribution < -0.4 is 0 Å². The van der Waals surface area contributed by atoms with E-state index in [1.54, 1.807) is 24.3 Å². The lowest BCUT2D eigenvalue weighted by Crippen LogP contribution is -2.08. The van der Waals surface area contributed by atoms with E-state index in [4.69, 9.17) is 4.98 Å². The molecule has 1 aromatic heterocycles. The number of nitriles is 2. The van der Waals surface area contributed by atoms with Gasteiger partial charge in [0.2, 0.25) is 0 Å². The van der Waals surface area contributed by atoms with Gasteiger partial charge >= 0.3 is 0 Å². The van der Waals surface area contributed by atoms with Gasteiger partial charge in [-0.3, -0.25) is 4.98 Å². The molecule has 3 aromatic carbocycles.